The van der Waals surface area contributed by atoms with Gasteiger partial charge in [0.15, 0.2) is 0 Å². The zero-order chi connectivity index (χ0) is 10.4. The second-order valence-corrected chi connectivity index (χ2v) is 3.92. The molecule has 0 radical (unpaired) electrons. The summed E-state index contributed by atoms with van der Waals surface area (Å²) in [6, 6.07) is 5.02. The molecular formula is C10H14BrFN2. The molecule has 0 heterocycles. The van der Waals surface area contributed by atoms with Crippen molar-refractivity contribution in [2.24, 2.45) is 5.73 Å². The molecule has 1 aromatic carbocycles. The van der Waals surface area contributed by atoms with Gasteiger partial charge in [0.1, 0.15) is 5.82 Å². The number of hydrogen-bond acceptors (Lipinski definition) is 2. The van der Waals surface area contributed by atoms with Crippen LogP contribution in [0.15, 0.2) is 22.7 Å². The zero-order valence-corrected chi connectivity index (χ0v) is 9.48. The van der Waals surface area contributed by atoms with Gasteiger partial charge in [0.05, 0.1) is 4.47 Å². The summed E-state index contributed by atoms with van der Waals surface area (Å²) in [5.41, 5.74) is 6.42. The maximum absolute atomic E-state index is 12.9. The Bertz CT molecular complexity index is 291. The van der Waals surface area contributed by atoms with Gasteiger partial charge in [-0.05, 0) is 53.1 Å². The molecule has 14 heavy (non-hydrogen) atoms. The number of halogens is 2. The first-order valence-corrected chi connectivity index (χ1v) is 5.38. The van der Waals surface area contributed by atoms with E-state index in [1.165, 1.54) is 6.07 Å². The van der Waals surface area contributed by atoms with Gasteiger partial charge in [0, 0.05) is 6.54 Å². The van der Waals surface area contributed by atoms with E-state index in [2.05, 4.69) is 21.2 Å². The lowest BCUT2D eigenvalue weighted by molar-refractivity contribution is 0.616. The van der Waals surface area contributed by atoms with E-state index in [1.54, 1.807) is 12.1 Å². The standard InChI is InChI=1S/C10H14BrFN2/c11-9-6-8(2-3-10(9)12)7-14-5-1-4-13/h2-3,6,14H,1,4-5,7,13H2. The summed E-state index contributed by atoms with van der Waals surface area (Å²) < 4.78 is 13.4. The first kappa shape index (κ1) is 11.6. The Morgan fingerprint density at radius 3 is 2.86 bits per heavy atom. The van der Waals surface area contributed by atoms with Gasteiger partial charge in [0.25, 0.3) is 0 Å². The SMILES string of the molecule is NCCCNCc1ccc(F)c(Br)c1. The van der Waals surface area contributed by atoms with E-state index in [-0.39, 0.29) is 5.82 Å². The third-order valence-electron chi connectivity index (χ3n) is 1.87. The first-order valence-electron chi connectivity index (χ1n) is 4.58. The Hall–Kier alpha value is -0.450. The Balaban J connectivity index is 2.39. The largest absolute Gasteiger partial charge is 0.330 e. The van der Waals surface area contributed by atoms with Crippen molar-refractivity contribution < 1.29 is 4.39 Å². The van der Waals surface area contributed by atoms with Crippen molar-refractivity contribution in [2.75, 3.05) is 13.1 Å². The highest BCUT2D eigenvalue weighted by Gasteiger charge is 1.99. The summed E-state index contributed by atoms with van der Waals surface area (Å²) in [6.45, 7) is 2.34. The highest BCUT2D eigenvalue weighted by Crippen LogP contribution is 2.16. The Morgan fingerprint density at radius 1 is 1.43 bits per heavy atom. The van der Waals surface area contributed by atoms with Gasteiger partial charge >= 0.3 is 0 Å². The van der Waals surface area contributed by atoms with Crippen LogP contribution in [0, 0.1) is 5.82 Å². The zero-order valence-electron chi connectivity index (χ0n) is 7.89. The van der Waals surface area contributed by atoms with Crippen molar-refractivity contribution in [2.45, 2.75) is 13.0 Å². The van der Waals surface area contributed by atoms with Crippen molar-refractivity contribution in [1.82, 2.24) is 5.32 Å². The predicted octanol–water partition coefficient (Wildman–Crippen LogP) is 2.03. The molecule has 1 aromatic rings. The fourth-order valence-corrected chi connectivity index (χ4v) is 1.54. The monoisotopic (exact) mass is 260 g/mol. The van der Waals surface area contributed by atoms with Crippen LogP contribution in [0.1, 0.15) is 12.0 Å². The number of nitrogens with two attached hydrogens (primary N) is 1. The lowest BCUT2D eigenvalue weighted by Gasteiger charge is -2.04. The second-order valence-electron chi connectivity index (χ2n) is 3.07. The van der Waals surface area contributed by atoms with E-state index in [0.29, 0.717) is 11.0 Å². The Kier molecular flexibility index (Phi) is 5.07. The fourth-order valence-electron chi connectivity index (χ4n) is 1.11. The smallest absolute Gasteiger partial charge is 0.137 e. The normalized spacial score (nSPS) is 10.5. The number of benzene rings is 1. The second kappa shape index (κ2) is 6.11. The van der Waals surface area contributed by atoms with E-state index < -0.39 is 0 Å². The molecule has 0 saturated heterocycles. The molecule has 0 spiro atoms. The molecule has 0 bridgehead atoms. The van der Waals surface area contributed by atoms with Gasteiger partial charge in [0.2, 0.25) is 0 Å². The summed E-state index contributed by atoms with van der Waals surface area (Å²) in [7, 11) is 0. The van der Waals surface area contributed by atoms with Gasteiger partial charge in [-0.1, -0.05) is 6.07 Å². The highest BCUT2D eigenvalue weighted by atomic mass is 79.9. The molecule has 2 nitrogen and oxygen atoms in total. The maximum atomic E-state index is 12.9. The van der Waals surface area contributed by atoms with E-state index in [9.17, 15) is 4.39 Å². The molecule has 0 unspecified atom stereocenters. The lowest BCUT2D eigenvalue weighted by atomic mass is 10.2. The van der Waals surface area contributed by atoms with E-state index in [1.807, 2.05) is 0 Å². The molecule has 0 aliphatic rings. The van der Waals surface area contributed by atoms with Crippen LogP contribution in [0.3, 0.4) is 0 Å². The van der Waals surface area contributed by atoms with Crippen LogP contribution in [-0.2, 0) is 6.54 Å². The third-order valence-corrected chi connectivity index (χ3v) is 2.48. The molecule has 0 aliphatic carbocycles. The lowest BCUT2D eigenvalue weighted by Crippen LogP contribution is -2.17. The highest BCUT2D eigenvalue weighted by molar-refractivity contribution is 9.10. The quantitative estimate of drug-likeness (QED) is 0.796. The van der Waals surface area contributed by atoms with Gasteiger partial charge < -0.3 is 11.1 Å². The molecule has 0 saturated carbocycles. The van der Waals surface area contributed by atoms with E-state index >= 15 is 0 Å². The molecule has 1 rings (SSSR count). The summed E-state index contributed by atoms with van der Waals surface area (Å²) >= 11 is 3.15. The van der Waals surface area contributed by atoms with Crippen LogP contribution in [0.25, 0.3) is 0 Å². The number of nitrogens with one attached hydrogen (secondary N) is 1. The fraction of sp³-hybridized carbons (Fsp3) is 0.400. The first-order chi connectivity index (χ1) is 6.74. The molecule has 4 heteroatoms. The molecule has 0 aliphatic heterocycles. The van der Waals surface area contributed by atoms with Crippen LogP contribution in [0.2, 0.25) is 0 Å². The molecule has 0 atom stereocenters. The summed E-state index contributed by atoms with van der Waals surface area (Å²) in [5.74, 6) is -0.226. The number of hydrogen-bond donors (Lipinski definition) is 2. The predicted molar refractivity (Wildman–Crippen MR) is 59.5 cm³/mol. The maximum Gasteiger partial charge on any atom is 0.137 e. The van der Waals surface area contributed by atoms with Gasteiger partial charge in [-0.3, -0.25) is 0 Å². The van der Waals surface area contributed by atoms with Gasteiger partial charge in [-0.15, -0.1) is 0 Å². The van der Waals surface area contributed by atoms with E-state index in [4.69, 9.17) is 5.73 Å². The summed E-state index contributed by atoms with van der Waals surface area (Å²) in [5, 5.41) is 3.23. The minimum Gasteiger partial charge on any atom is -0.330 e. The summed E-state index contributed by atoms with van der Waals surface area (Å²) in [4.78, 5) is 0. The van der Waals surface area contributed by atoms with Gasteiger partial charge in [-0.2, -0.15) is 0 Å². The van der Waals surface area contributed by atoms with Crippen LogP contribution in [0.4, 0.5) is 4.39 Å². The molecule has 0 fully saturated rings. The van der Waals surface area contributed by atoms with Crippen molar-refractivity contribution in [3.05, 3.63) is 34.1 Å². The molecule has 0 aromatic heterocycles. The third kappa shape index (κ3) is 3.74. The van der Waals surface area contributed by atoms with Crippen molar-refractivity contribution in [3.63, 3.8) is 0 Å². The van der Waals surface area contributed by atoms with Crippen LogP contribution < -0.4 is 11.1 Å². The molecule has 3 N–H and O–H groups in total. The van der Waals surface area contributed by atoms with Crippen molar-refractivity contribution in [3.8, 4) is 0 Å². The average Bonchev–Trinajstić information content (AvgIpc) is 2.18. The van der Waals surface area contributed by atoms with Crippen LogP contribution >= 0.6 is 15.9 Å². The van der Waals surface area contributed by atoms with Crippen molar-refractivity contribution >= 4 is 15.9 Å². The number of rotatable bonds is 5. The molecule has 0 amide bonds. The molecular weight excluding hydrogens is 247 g/mol. The van der Waals surface area contributed by atoms with Crippen LogP contribution in [0.5, 0.6) is 0 Å². The summed E-state index contributed by atoms with van der Waals surface area (Å²) in [6.07, 6.45) is 0.961. The topological polar surface area (TPSA) is 38.0 Å². The van der Waals surface area contributed by atoms with E-state index in [0.717, 1.165) is 25.1 Å². The minimum atomic E-state index is -0.226. The Labute approximate surface area is 91.8 Å². The van der Waals surface area contributed by atoms with Gasteiger partial charge in [-0.25, -0.2) is 4.39 Å². The molecule has 78 valence electrons. The van der Waals surface area contributed by atoms with Crippen LogP contribution in [-0.4, -0.2) is 13.1 Å². The van der Waals surface area contributed by atoms with Crippen molar-refractivity contribution in [1.29, 1.82) is 0 Å². The minimum absolute atomic E-state index is 0.226. The Morgan fingerprint density at radius 2 is 2.21 bits per heavy atom. The average molecular weight is 261 g/mol.